The molecule has 20 heavy (non-hydrogen) atoms. The van der Waals surface area contributed by atoms with Crippen LogP contribution in [0.4, 0.5) is 0 Å². The first-order chi connectivity index (χ1) is 9.36. The van der Waals surface area contributed by atoms with Crippen LogP contribution < -0.4 is 11.1 Å². The van der Waals surface area contributed by atoms with Gasteiger partial charge in [0.05, 0.1) is 5.92 Å². The zero-order valence-corrected chi connectivity index (χ0v) is 12.8. The van der Waals surface area contributed by atoms with Gasteiger partial charge in [-0.25, -0.2) is 0 Å². The lowest BCUT2D eigenvalue weighted by Gasteiger charge is -2.30. The molecule has 1 unspecified atom stereocenters. The van der Waals surface area contributed by atoms with E-state index < -0.39 is 11.4 Å². The molecule has 110 valence electrons. The van der Waals surface area contributed by atoms with Gasteiger partial charge in [0.15, 0.2) is 0 Å². The Morgan fingerprint density at radius 1 is 1.25 bits per heavy atom. The molecule has 4 nitrogen and oxygen atoms in total. The average Bonchev–Trinajstić information content (AvgIpc) is 2.44. The van der Waals surface area contributed by atoms with Gasteiger partial charge in [0.25, 0.3) is 0 Å². The van der Waals surface area contributed by atoms with Gasteiger partial charge in [-0.15, -0.1) is 0 Å². The average molecular weight is 297 g/mol. The smallest absolute Gasteiger partial charge is 0.243 e. The molecule has 1 aromatic rings. The number of primary amides is 1. The second-order valence-electron chi connectivity index (χ2n) is 4.92. The zero-order valence-electron chi connectivity index (χ0n) is 12.1. The van der Waals surface area contributed by atoms with Crippen LogP contribution in [-0.4, -0.2) is 17.4 Å². The number of carbonyl (C=O) groups is 2. The van der Waals surface area contributed by atoms with Crippen molar-refractivity contribution in [2.24, 2.45) is 5.73 Å². The van der Waals surface area contributed by atoms with Crippen LogP contribution in [0.15, 0.2) is 24.3 Å². The van der Waals surface area contributed by atoms with Crippen molar-refractivity contribution in [2.45, 2.75) is 45.1 Å². The van der Waals surface area contributed by atoms with Gasteiger partial charge in [0.2, 0.25) is 11.8 Å². The molecule has 0 saturated heterocycles. The van der Waals surface area contributed by atoms with Gasteiger partial charge in [-0.3, -0.25) is 9.59 Å². The first kappa shape index (κ1) is 16.5. The normalized spacial score (nSPS) is 12.8. The van der Waals surface area contributed by atoms with Crippen molar-refractivity contribution in [3.05, 3.63) is 34.9 Å². The number of hydrogen-bond acceptors (Lipinski definition) is 2. The van der Waals surface area contributed by atoms with E-state index in [-0.39, 0.29) is 11.8 Å². The molecule has 1 aromatic carbocycles. The minimum atomic E-state index is -0.974. The second kappa shape index (κ2) is 6.75. The summed E-state index contributed by atoms with van der Waals surface area (Å²) in [5.74, 6) is -1.09. The Bertz CT molecular complexity index is 481. The molecule has 0 spiro atoms. The van der Waals surface area contributed by atoms with Crippen LogP contribution in [0.5, 0.6) is 0 Å². The van der Waals surface area contributed by atoms with Crippen molar-refractivity contribution in [1.29, 1.82) is 0 Å². The Morgan fingerprint density at radius 3 is 2.15 bits per heavy atom. The molecule has 0 heterocycles. The van der Waals surface area contributed by atoms with Crippen molar-refractivity contribution < 1.29 is 9.59 Å². The van der Waals surface area contributed by atoms with Crippen molar-refractivity contribution in [2.75, 3.05) is 0 Å². The summed E-state index contributed by atoms with van der Waals surface area (Å²) in [6, 6.07) is 7.08. The minimum absolute atomic E-state index is 0.213. The summed E-state index contributed by atoms with van der Waals surface area (Å²) in [5, 5.41) is 3.42. The number of nitrogens with two attached hydrogens (primary N) is 1. The third-order valence-corrected chi connectivity index (χ3v) is 4.06. The summed E-state index contributed by atoms with van der Waals surface area (Å²) in [5.41, 5.74) is 5.30. The van der Waals surface area contributed by atoms with E-state index in [0.29, 0.717) is 17.9 Å². The minimum Gasteiger partial charge on any atom is -0.368 e. The zero-order chi connectivity index (χ0) is 15.3. The number of carbonyl (C=O) groups excluding carboxylic acids is 2. The number of hydrogen-bond donors (Lipinski definition) is 2. The van der Waals surface area contributed by atoms with Crippen LogP contribution in [0, 0.1) is 0 Å². The van der Waals surface area contributed by atoms with Crippen LogP contribution in [0.2, 0.25) is 5.02 Å². The highest BCUT2D eigenvalue weighted by Crippen LogP contribution is 2.21. The van der Waals surface area contributed by atoms with Gasteiger partial charge in [-0.1, -0.05) is 37.6 Å². The summed E-state index contributed by atoms with van der Waals surface area (Å²) >= 11 is 5.83. The molecule has 1 rings (SSSR count). The molecular formula is C15H21ClN2O2. The lowest BCUT2D eigenvalue weighted by Crippen LogP contribution is -2.57. The van der Waals surface area contributed by atoms with Crippen LogP contribution >= 0.6 is 11.6 Å². The molecule has 0 aromatic heterocycles. The van der Waals surface area contributed by atoms with Gasteiger partial charge in [-0.05, 0) is 37.5 Å². The van der Waals surface area contributed by atoms with E-state index in [2.05, 4.69) is 5.32 Å². The van der Waals surface area contributed by atoms with Gasteiger partial charge in [-0.2, -0.15) is 0 Å². The molecule has 0 aliphatic rings. The largest absolute Gasteiger partial charge is 0.368 e. The van der Waals surface area contributed by atoms with Crippen molar-refractivity contribution in [1.82, 2.24) is 5.32 Å². The monoisotopic (exact) mass is 296 g/mol. The Labute approximate surface area is 124 Å². The van der Waals surface area contributed by atoms with E-state index >= 15 is 0 Å². The predicted octanol–water partition coefficient (Wildman–Crippen LogP) is 2.60. The number of benzene rings is 1. The van der Waals surface area contributed by atoms with Crippen molar-refractivity contribution in [3.63, 3.8) is 0 Å². The molecule has 2 amide bonds. The number of rotatable bonds is 6. The number of halogens is 1. The summed E-state index contributed by atoms with van der Waals surface area (Å²) in [6.45, 7) is 5.46. The molecule has 0 aliphatic carbocycles. The van der Waals surface area contributed by atoms with Gasteiger partial charge >= 0.3 is 0 Å². The Hall–Kier alpha value is -1.55. The van der Waals surface area contributed by atoms with Crippen LogP contribution in [-0.2, 0) is 9.59 Å². The maximum atomic E-state index is 12.3. The van der Waals surface area contributed by atoms with E-state index in [4.69, 9.17) is 17.3 Å². The lowest BCUT2D eigenvalue weighted by atomic mass is 9.90. The number of nitrogens with one attached hydrogen (secondary N) is 1. The SMILES string of the molecule is CCC(CC)(NC(=O)C(C)c1ccc(Cl)cc1)C(N)=O. The molecular weight excluding hydrogens is 276 g/mol. The molecule has 3 N–H and O–H groups in total. The standard InChI is InChI=1S/C15H21ClN2O2/c1-4-15(5-2,14(17)20)18-13(19)10(3)11-6-8-12(16)9-7-11/h6-10H,4-5H2,1-3H3,(H2,17,20)(H,18,19). The highest BCUT2D eigenvalue weighted by molar-refractivity contribution is 6.30. The topological polar surface area (TPSA) is 72.2 Å². The van der Waals surface area contributed by atoms with Crippen LogP contribution in [0.25, 0.3) is 0 Å². The fraction of sp³-hybridized carbons (Fsp3) is 0.467. The third kappa shape index (κ3) is 3.51. The number of amides is 2. The predicted molar refractivity (Wildman–Crippen MR) is 80.5 cm³/mol. The summed E-state index contributed by atoms with van der Waals surface area (Å²) in [7, 11) is 0. The molecule has 0 bridgehead atoms. The lowest BCUT2D eigenvalue weighted by molar-refractivity contribution is -0.132. The van der Waals surface area contributed by atoms with E-state index in [9.17, 15) is 9.59 Å². The quantitative estimate of drug-likeness (QED) is 0.847. The van der Waals surface area contributed by atoms with Crippen molar-refractivity contribution >= 4 is 23.4 Å². The van der Waals surface area contributed by atoms with Crippen molar-refractivity contribution in [3.8, 4) is 0 Å². The highest BCUT2D eigenvalue weighted by Gasteiger charge is 2.35. The van der Waals surface area contributed by atoms with Crippen LogP contribution in [0.3, 0.4) is 0 Å². The summed E-state index contributed by atoms with van der Waals surface area (Å²) in [4.78, 5) is 23.9. The van der Waals surface area contributed by atoms with Crippen LogP contribution in [0.1, 0.15) is 45.1 Å². The molecule has 0 fully saturated rings. The maximum Gasteiger partial charge on any atom is 0.243 e. The Morgan fingerprint density at radius 2 is 1.75 bits per heavy atom. The Balaban J connectivity index is 2.89. The highest BCUT2D eigenvalue weighted by atomic mass is 35.5. The van der Waals surface area contributed by atoms with E-state index in [1.54, 1.807) is 31.2 Å². The first-order valence-electron chi connectivity index (χ1n) is 6.73. The molecule has 1 atom stereocenters. The van der Waals surface area contributed by atoms with Gasteiger partial charge in [0, 0.05) is 5.02 Å². The van der Waals surface area contributed by atoms with Gasteiger partial charge in [0.1, 0.15) is 5.54 Å². The second-order valence-corrected chi connectivity index (χ2v) is 5.35. The summed E-state index contributed by atoms with van der Waals surface area (Å²) < 4.78 is 0. The third-order valence-electron chi connectivity index (χ3n) is 3.80. The molecule has 0 aliphatic heterocycles. The van der Waals surface area contributed by atoms with E-state index in [0.717, 1.165) is 5.56 Å². The maximum absolute atomic E-state index is 12.3. The first-order valence-corrected chi connectivity index (χ1v) is 7.11. The fourth-order valence-corrected chi connectivity index (χ4v) is 2.21. The fourth-order valence-electron chi connectivity index (χ4n) is 2.08. The summed E-state index contributed by atoms with van der Waals surface area (Å²) in [6.07, 6.45) is 0.940. The molecule has 5 heteroatoms. The molecule has 0 radical (unpaired) electrons. The van der Waals surface area contributed by atoms with E-state index in [1.165, 1.54) is 0 Å². The molecule has 0 saturated carbocycles. The Kier molecular flexibility index (Phi) is 5.57. The van der Waals surface area contributed by atoms with Gasteiger partial charge < -0.3 is 11.1 Å². The van der Waals surface area contributed by atoms with E-state index in [1.807, 2.05) is 13.8 Å².